The molecule has 0 aliphatic heterocycles. The van der Waals surface area contributed by atoms with Crippen molar-refractivity contribution < 1.29 is 13.5 Å². The van der Waals surface area contributed by atoms with Crippen LogP contribution in [-0.2, 0) is 10.0 Å². The number of phenols is 1. The van der Waals surface area contributed by atoms with Gasteiger partial charge in [-0.2, -0.15) is 13.5 Å². The van der Waals surface area contributed by atoms with E-state index < -0.39 is 10.0 Å². The maximum absolute atomic E-state index is 11.9. The fraction of sp³-hybridized carbons (Fsp3) is 0.100. The monoisotopic (exact) mass is 287 g/mol. The van der Waals surface area contributed by atoms with Gasteiger partial charge in [0.15, 0.2) is 5.03 Å². The van der Waals surface area contributed by atoms with E-state index in [9.17, 15) is 13.5 Å². The second-order valence-electron chi connectivity index (χ2n) is 3.65. The molecule has 0 radical (unpaired) electrons. The third-order valence-corrected chi connectivity index (χ3v) is 3.79. The van der Waals surface area contributed by atoms with Gasteiger partial charge in [-0.05, 0) is 30.7 Å². The van der Waals surface area contributed by atoms with Crippen molar-refractivity contribution in [1.82, 2.24) is 10.2 Å². The van der Waals surface area contributed by atoms with Crippen LogP contribution < -0.4 is 4.72 Å². The van der Waals surface area contributed by atoms with E-state index in [0.717, 1.165) is 0 Å². The highest BCUT2D eigenvalue weighted by Crippen LogP contribution is 2.32. The lowest BCUT2D eigenvalue weighted by atomic mass is 10.2. The smallest absolute Gasteiger partial charge is 0.278 e. The predicted molar refractivity (Wildman–Crippen MR) is 67.3 cm³/mol. The summed E-state index contributed by atoms with van der Waals surface area (Å²) in [4.78, 5) is 0. The molecular weight excluding hydrogens is 278 g/mol. The van der Waals surface area contributed by atoms with Crippen LogP contribution in [0.4, 0.5) is 5.69 Å². The zero-order valence-electron chi connectivity index (χ0n) is 9.31. The third kappa shape index (κ3) is 2.41. The van der Waals surface area contributed by atoms with Gasteiger partial charge < -0.3 is 5.11 Å². The second-order valence-corrected chi connectivity index (χ2v) is 5.73. The lowest BCUT2D eigenvalue weighted by Crippen LogP contribution is -2.13. The Morgan fingerprint density at radius 2 is 2.17 bits per heavy atom. The summed E-state index contributed by atoms with van der Waals surface area (Å²) in [5.74, 6) is -0.164. The molecule has 96 valence electrons. The van der Waals surface area contributed by atoms with Gasteiger partial charge >= 0.3 is 0 Å². The Balaban J connectivity index is 2.41. The Hall–Kier alpha value is -1.73. The normalized spacial score (nSPS) is 11.4. The van der Waals surface area contributed by atoms with Crippen molar-refractivity contribution in [1.29, 1.82) is 0 Å². The van der Waals surface area contributed by atoms with E-state index in [2.05, 4.69) is 14.9 Å². The zero-order chi connectivity index (χ0) is 13.3. The van der Waals surface area contributed by atoms with Crippen molar-refractivity contribution in [3.63, 3.8) is 0 Å². The SMILES string of the molecule is Cc1cc(Cl)cc(NS(=O)(=O)c2ccn[nH]2)c1O. The van der Waals surface area contributed by atoms with Crippen molar-refractivity contribution in [3.8, 4) is 5.75 Å². The standard InChI is InChI=1S/C10H10ClN3O3S/c1-6-4-7(11)5-8(10(6)15)14-18(16,17)9-2-3-12-13-9/h2-5,14-15H,1H3,(H,12,13). The number of aromatic hydroxyl groups is 1. The lowest BCUT2D eigenvalue weighted by Gasteiger charge is -2.10. The van der Waals surface area contributed by atoms with E-state index in [1.54, 1.807) is 6.92 Å². The van der Waals surface area contributed by atoms with E-state index in [-0.39, 0.29) is 16.5 Å². The number of aromatic nitrogens is 2. The molecule has 6 nitrogen and oxygen atoms in total. The second kappa shape index (κ2) is 4.51. The van der Waals surface area contributed by atoms with E-state index in [1.807, 2.05) is 0 Å². The minimum Gasteiger partial charge on any atom is -0.505 e. The average Bonchev–Trinajstić information content (AvgIpc) is 2.78. The van der Waals surface area contributed by atoms with Gasteiger partial charge in [-0.25, -0.2) is 0 Å². The summed E-state index contributed by atoms with van der Waals surface area (Å²) >= 11 is 5.81. The lowest BCUT2D eigenvalue weighted by molar-refractivity contribution is 0.473. The molecule has 0 saturated carbocycles. The summed E-state index contributed by atoms with van der Waals surface area (Å²) in [5.41, 5.74) is 0.499. The topological polar surface area (TPSA) is 95.1 Å². The van der Waals surface area contributed by atoms with Crippen LogP contribution >= 0.6 is 11.6 Å². The molecule has 0 unspecified atom stereocenters. The first kappa shape index (κ1) is 12.7. The van der Waals surface area contributed by atoms with Crippen molar-refractivity contribution in [2.24, 2.45) is 0 Å². The molecule has 2 aromatic rings. The number of rotatable bonds is 3. The molecule has 8 heteroatoms. The molecule has 0 fully saturated rings. The molecule has 0 spiro atoms. The number of phenolic OH excluding ortho intramolecular Hbond substituents is 1. The molecule has 1 aromatic carbocycles. The molecule has 0 amide bonds. The number of hydrogen-bond acceptors (Lipinski definition) is 4. The molecule has 0 atom stereocenters. The van der Waals surface area contributed by atoms with Gasteiger partial charge in [-0.15, -0.1) is 0 Å². The number of benzene rings is 1. The van der Waals surface area contributed by atoms with E-state index >= 15 is 0 Å². The number of halogens is 1. The molecule has 0 saturated heterocycles. The van der Waals surface area contributed by atoms with Crippen LogP contribution in [0.2, 0.25) is 5.02 Å². The third-order valence-electron chi connectivity index (χ3n) is 2.27. The summed E-state index contributed by atoms with van der Waals surface area (Å²) in [6.07, 6.45) is 1.32. The van der Waals surface area contributed by atoms with Crippen LogP contribution in [-0.4, -0.2) is 23.7 Å². The molecule has 18 heavy (non-hydrogen) atoms. The summed E-state index contributed by atoms with van der Waals surface area (Å²) in [6, 6.07) is 4.17. The molecule has 2 rings (SSSR count). The Bertz CT molecular complexity index is 668. The summed E-state index contributed by atoms with van der Waals surface area (Å²) < 4.78 is 26.0. The number of aromatic amines is 1. The first-order valence-electron chi connectivity index (χ1n) is 4.91. The fourth-order valence-electron chi connectivity index (χ4n) is 1.41. The first-order valence-corrected chi connectivity index (χ1v) is 6.77. The van der Waals surface area contributed by atoms with Crippen LogP contribution in [0.3, 0.4) is 0 Å². The van der Waals surface area contributed by atoms with Crippen molar-refractivity contribution in [2.75, 3.05) is 4.72 Å². The number of anilines is 1. The van der Waals surface area contributed by atoms with Crippen molar-refractivity contribution in [3.05, 3.63) is 35.0 Å². The van der Waals surface area contributed by atoms with Crippen molar-refractivity contribution >= 4 is 27.3 Å². The fourth-order valence-corrected chi connectivity index (χ4v) is 2.65. The summed E-state index contributed by atoms with van der Waals surface area (Å²) in [6.45, 7) is 1.62. The van der Waals surface area contributed by atoms with Crippen LogP contribution in [0.1, 0.15) is 5.56 Å². The molecule has 1 aromatic heterocycles. The number of hydrogen-bond donors (Lipinski definition) is 3. The highest BCUT2D eigenvalue weighted by atomic mass is 35.5. The predicted octanol–water partition coefficient (Wildman–Crippen LogP) is 1.88. The summed E-state index contributed by atoms with van der Waals surface area (Å²) in [7, 11) is -3.81. The first-order chi connectivity index (χ1) is 8.40. The number of nitrogens with zero attached hydrogens (tertiary/aromatic N) is 1. The van der Waals surface area contributed by atoms with Crippen LogP contribution in [0.5, 0.6) is 5.75 Å². The maximum Gasteiger partial charge on any atom is 0.278 e. The minimum absolute atomic E-state index is 0.0228. The highest BCUT2D eigenvalue weighted by molar-refractivity contribution is 7.92. The van der Waals surface area contributed by atoms with Gasteiger partial charge in [0, 0.05) is 5.02 Å². The average molecular weight is 288 g/mol. The Morgan fingerprint density at radius 1 is 1.44 bits per heavy atom. The van der Waals surface area contributed by atoms with Gasteiger partial charge in [-0.3, -0.25) is 9.82 Å². The molecule has 3 N–H and O–H groups in total. The molecule has 1 heterocycles. The maximum atomic E-state index is 11.9. The van der Waals surface area contributed by atoms with E-state index in [0.29, 0.717) is 10.6 Å². The number of sulfonamides is 1. The van der Waals surface area contributed by atoms with Gasteiger partial charge in [0.2, 0.25) is 0 Å². The number of nitrogens with one attached hydrogen (secondary N) is 2. The van der Waals surface area contributed by atoms with Gasteiger partial charge in [0.25, 0.3) is 10.0 Å². The van der Waals surface area contributed by atoms with Gasteiger partial charge in [-0.1, -0.05) is 11.6 Å². The molecule has 0 bridgehead atoms. The Labute approximate surface area is 109 Å². The molecule has 0 aliphatic rings. The summed E-state index contributed by atoms with van der Waals surface area (Å²) in [5, 5.41) is 15.9. The highest BCUT2D eigenvalue weighted by Gasteiger charge is 2.18. The van der Waals surface area contributed by atoms with Crippen molar-refractivity contribution in [2.45, 2.75) is 11.9 Å². The van der Waals surface area contributed by atoms with Crippen LogP contribution in [0.15, 0.2) is 29.4 Å². The van der Waals surface area contributed by atoms with Crippen LogP contribution in [0, 0.1) is 6.92 Å². The van der Waals surface area contributed by atoms with Crippen LogP contribution in [0.25, 0.3) is 0 Å². The Kier molecular flexibility index (Phi) is 3.18. The number of H-pyrrole nitrogens is 1. The quantitative estimate of drug-likeness (QED) is 0.751. The largest absolute Gasteiger partial charge is 0.505 e. The molecule has 0 aliphatic carbocycles. The van der Waals surface area contributed by atoms with E-state index in [4.69, 9.17) is 11.6 Å². The van der Waals surface area contributed by atoms with Gasteiger partial charge in [0.1, 0.15) is 5.75 Å². The zero-order valence-corrected chi connectivity index (χ0v) is 10.9. The van der Waals surface area contributed by atoms with Gasteiger partial charge in [0.05, 0.1) is 11.9 Å². The minimum atomic E-state index is -3.81. The molecular formula is C10H10ClN3O3S. The Morgan fingerprint density at radius 3 is 2.78 bits per heavy atom. The number of aryl methyl sites for hydroxylation is 1. The van der Waals surface area contributed by atoms with E-state index in [1.165, 1.54) is 24.4 Å².